The Morgan fingerprint density at radius 2 is 1.85 bits per heavy atom. The van der Waals surface area contributed by atoms with E-state index < -0.39 is 35.0 Å². The van der Waals surface area contributed by atoms with E-state index in [1.165, 1.54) is 11.0 Å². The van der Waals surface area contributed by atoms with Gasteiger partial charge < -0.3 is 14.7 Å². The third kappa shape index (κ3) is 5.12. The van der Waals surface area contributed by atoms with Crippen LogP contribution in [0.2, 0.25) is 0 Å². The summed E-state index contributed by atoms with van der Waals surface area (Å²) >= 11 is 0. The smallest absolute Gasteiger partial charge is 0.416 e. The molecule has 26 heavy (non-hydrogen) atoms. The Labute approximate surface area is 149 Å². The molecule has 1 atom stereocenters. The Balaban J connectivity index is 2.28. The molecule has 5 nitrogen and oxygen atoms in total. The zero-order valence-corrected chi connectivity index (χ0v) is 14.9. The van der Waals surface area contributed by atoms with Crippen molar-refractivity contribution in [3.05, 3.63) is 34.9 Å². The maximum absolute atomic E-state index is 13.1. The van der Waals surface area contributed by atoms with Crippen molar-refractivity contribution in [2.75, 3.05) is 13.1 Å². The van der Waals surface area contributed by atoms with Crippen LogP contribution in [0.3, 0.4) is 0 Å². The fourth-order valence-corrected chi connectivity index (χ4v) is 2.92. The molecule has 0 aliphatic carbocycles. The molecular formula is C18H22F3NO4. The summed E-state index contributed by atoms with van der Waals surface area (Å²) in [7, 11) is 0. The van der Waals surface area contributed by atoms with E-state index in [0.717, 1.165) is 6.07 Å². The van der Waals surface area contributed by atoms with Crippen LogP contribution in [0.5, 0.6) is 0 Å². The van der Waals surface area contributed by atoms with Gasteiger partial charge in [-0.3, -0.25) is 0 Å². The number of piperidine rings is 1. The minimum atomic E-state index is -4.64. The molecule has 2 rings (SSSR count). The summed E-state index contributed by atoms with van der Waals surface area (Å²) in [6.45, 7) is 5.85. The van der Waals surface area contributed by atoms with Gasteiger partial charge in [-0.25, -0.2) is 9.59 Å². The Kier molecular flexibility index (Phi) is 5.53. The monoisotopic (exact) mass is 373 g/mol. The first kappa shape index (κ1) is 20.1. The SMILES string of the molecule is CC(C)(C)OC(=O)N1CCCC(c2cc(C(=O)O)cc(C(F)(F)F)c2)C1. The molecule has 144 valence electrons. The molecule has 1 N–H and O–H groups in total. The lowest BCUT2D eigenvalue weighted by molar-refractivity contribution is -0.137. The van der Waals surface area contributed by atoms with E-state index in [0.29, 0.717) is 25.5 Å². The second kappa shape index (κ2) is 7.17. The van der Waals surface area contributed by atoms with Crippen molar-refractivity contribution in [2.24, 2.45) is 0 Å². The molecular weight excluding hydrogens is 351 g/mol. The van der Waals surface area contributed by atoms with Crippen LogP contribution in [0.4, 0.5) is 18.0 Å². The van der Waals surface area contributed by atoms with Gasteiger partial charge in [0, 0.05) is 19.0 Å². The van der Waals surface area contributed by atoms with Crippen molar-refractivity contribution >= 4 is 12.1 Å². The van der Waals surface area contributed by atoms with Crippen LogP contribution in [-0.4, -0.2) is 40.8 Å². The van der Waals surface area contributed by atoms with Gasteiger partial charge in [-0.2, -0.15) is 13.2 Å². The zero-order chi connectivity index (χ0) is 19.7. The largest absolute Gasteiger partial charge is 0.478 e. The van der Waals surface area contributed by atoms with Crippen molar-refractivity contribution in [1.82, 2.24) is 4.90 Å². The van der Waals surface area contributed by atoms with Crippen LogP contribution < -0.4 is 0 Å². The molecule has 1 saturated heterocycles. The molecule has 1 heterocycles. The number of nitrogens with zero attached hydrogens (tertiary/aromatic N) is 1. The van der Waals surface area contributed by atoms with Crippen LogP contribution in [0.15, 0.2) is 18.2 Å². The summed E-state index contributed by atoms with van der Waals surface area (Å²) in [5, 5.41) is 9.11. The Morgan fingerprint density at radius 3 is 2.38 bits per heavy atom. The minimum absolute atomic E-state index is 0.190. The highest BCUT2D eigenvalue weighted by Crippen LogP contribution is 2.35. The Hall–Kier alpha value is -2.25. The molecule has 0 spiro atoms. The van der Waals surface area contributed by atoms with Crippen LogP contribution in [-0.2, 0) is 10.9 Å². The van der Waals surface area contributed by atoms with Gasteiger partial charge in [0.25, 0.3) is 0 Å². The highest BCUT2D eigenvalue weighted by atomic mass is 19.4. The number of benzene rings is 1. The number of hydrogen-bond donors (Lipinski definition) is 1. The van der Waals surface area contributed by atoms with E-state index >= 15 is 0 Å². The van der Waals surface area contributed by atoms with E-state index in [1.54, 1.807) is 20.8 Å². The number of amides is 1. The number of alkyl halides is 3. The minimum Gasteiger partial charge on any atom is -0.478 e. The molecule has 1 unspecified atom stereocenters. The molecule has 0 saturated carbocycles. The van der Waals surface area contributed by atoms with Gasteiger partial charge >= 0.3 is 18.2 Å². The van der Waals surface area contributed by atoms with Crippen molar-refractivity contribution < 1.29 is 32.6 Å². The van der Waals surface area contributed by atoms with Crippen LogP contribution in [0.25, 0.3) is 0 Å². The lowest BCUT2D eigenvalue weighted by atomic mass is 9.88. The number of carboxylic acids is 1. The van der Waals surface area contributed by atoms with Gasteiger partial charge in [-0.15, -0.1) is 0 Å². The number of aromatic carboxylic acids is 1. The van der Waals surface area contributed by atoms with E-state index in [9.17, 15) is 22.8 Å². The average Bonchev–Trinajstić information content (AvgIpc) is 2.52. The Morgan fingerprint density at radius 1 is 1.19 bits per heavy atom. The van der Waals surface area contributed by atoms with Crippen molar-refractivity contribution in [2.45, 2.75) is 51.3 Å². The standard InChI is InChI=1S/C18H22F3NO4/c1-17(2,3)26-16(25)22-6-4-5-11(10-22)12-7-13(15(23)24)9-14(8-12)18(19,20)21/h7-9,11H,4-6,10H2,1-3H3,(H,23,24). The lowest BCUT2D eigenvalue weighted by Crippen LogP contribution is -2.42. The first-order valence-electron chi connectivity index (χ1n) is 8.30. The normalized spacial score (nSPS) is 18.5. The molecule has 1 aliphatic heterocycles. The number of rotatable bonds is 2. The third-order valence-corrected chi connectivity index (χ3v) is 4.07. The van der Waals surface area contributed by atoms with E-state index in [2.05, 4.69) is 0 Å². The zero-order valence-electron chi connectivity index (χ0n) is 14.9. The van der Waals surface area contributed by atoms with Crippen LogP contribution >= 0.6 is 0 Å². The number of ether oxygens (including phenoxy) is 1. The van der Waals surface area contributed by atoms with E-state index in [4.69, 9.17) is 9.84 Å². The van der Waals surface area contributed by atoms with Crippen molar-refractivity contribution in [3.8, 4) is 0 Å². The molecule has 0 radical (unpaired) electrons. The molecule has 1 amide bonds. The van der Waals surface area contributed by atoms with Crippen LogP contribution in [0, 0.1) is 0 Å². The maximum atomic E-state index is 13.1. The van der Waals surface area contributed by atoms with Gasteiger partial charge in [0.05, 0.1) is 11.1 Å². The van der Waals surface area contributed by atoms with Crippen LogP contribution in [0.1, 0.15) is 61.0 Å². The van der Waals surface area contributed by atoms with Crippen molar-refractivity contribution in [1.29, 1.82) is 0 Å². The second-order valence-corrected chi connectivity index (χ2v) is 7.41. The number of halogens is 3. The summed E-state index contributed by atoms with van der Waals surface area (Å²) in [6, 6.07) is 2.84. The van der Waals surface area contributed by atoms with Gasteiger partial charge in [0.15, 0.2) is 0 Å². The number of likely N-dealkylation sites (tertiary alicyclic amines) is 1. The maximum Gasteiger partial charge on any atom is 0.416 e. The summed E-state index contributed by atoms with van der Waals surface area (Å²) in [4.78, 5) is 24.9. The molecule has 8 heteroatoms. The topological polar surface area (TPSA) is 66.8 Å². The van der Waals surface area contributed by atoms with E-state index in [1.807, 2.05) is 0 Å². The summed E-state index contributed by atoms with van der Waals surface area (Å²) in [6.07, 6.45) is -3.99. The number of carboxylic acid groups (broad SMARTS) is 1. The molecule has 0 bridgehead atoms. The highest BCUT2D eigenvalue weighted by Gasteiger charge is 2.34. The third-order valence-electron chi connectivity index (χ3n) is 4.07. The quantitative estimate of drug-likeness (QED) is 0.828. The van der Waals surface area contributed by atoms with Gasteiger partial charge in [0.2, 0.25) is 0 Å². The average molecular weight is 373 g/mol. The number of hydrogen-bond acceptors (Lipinski definition) is 3. The van der Waals surface area contributed by atoms with Crippen molar-refractivity contribution in [3.63, 3.8) is 0 Å². The Bertz CT molecular complexity index is 695. The summed E-state index contributed by atoms with van der Waals surface area (Å²) in [5.41, 5.74) is -1.81. The summed E-state index contributed by atoms with van der Waals surface area (Å²) in [5.74, 6) is -1.80. The molecule has 1 aromatic carbocycles. The fraction of sp³-hybridized carbons (Fsp3) is 0.556. The second-order valence-electron chi connectivity index (χ2n) is 7.41. The number of carbonyl (C=O) groups excluding carboxylic acids is 1. The first-order valence-corrected chi connectivity index (χ1v) is 8.30. The first-order chi connectivity index (χ1) is 11.9. The highest BCUT2D eigenvalue weighted by molar-refractivity contribution is 5.88. The number of carbonyl (C=O) groups is 2. The molecule has 0 aromatic heterocycles. The molecule has 1 aromatic rings. The van der Waals surface area contributed by atoms with Gasteiger partial charge in [-0.05, 0) is 57.4 Å². The molecule has 1 fully saturated rings. The van der Waals surface area contributed by atoms with E-state index in [-0.39, 0.29) is 18.0 Å². The lowest BCUT2D eigenvalue weighted by Gasteiger charge is -2.34. The predicted octanol–water partition coefficient (Wildman–Crippen LogP) is 4.52. The van der Waals surface area contributed by atoms with Gasteiger partial charge in [-0.1, -0.05) is 0 Å². The van der Waals surface area contributed by atoms with Gasteiger partial charge in [0.1, 0.15) is 5.60 Å². The fourth-order valence-electron chi connectivity index (χ4n) is 2.92. The predicted molar refractivity (Wildman–Crippen MR) is 88.2 cm³/mol. The molecule has 1 aliphatic rings. The summed E-state index contributed by atoms with van der Waals surface area (Å²) < 4.78 is 44.6.